The Balaban J connectivity index is 2.30. The molecule has 1 heterocycles. The number of carbonyl (C=O) groups is 1. The monoisotopic (exact) mass is 209 g/mol. The Morgan fingerprint density at radius 1 is 1.40 bits per heavy atom. The Hall–Kier alpha value is -0.630. The van der Waals surface area contributed by atoms with Crippen molar-refractivity contribution in [2.45, 2.75) is 51.5 Å². The first-order chi connectivity index (χ1) is 7.27. The molecule has 0 amide bonds. The largest absolute Gasteiger partial charge is 0.300 e. The van der Waals surface area contributed by atoms with Gasteiger partial charge in [-0.05, 0) is 6.42 Å². The summed E-state index contributed by atoms with van der Waals surface area (Å²) in [4.78, 5) is 13.5. The SMILES string of the molecule is C=CC(CCCCC)N1CCC(=O)CC1. The van der Waals surface area contributed by atoms with Gasteiger partial charge in [0.15, 0.2) is 0 Å². The number of ketones is 1. The summed E-state index contributed by atoms with van der Waals surface area (Å²) in [6.45, 7) is 8.00. The molecule has 1 rings (SSSR count). The Kier molecular flexibility index (Phi) is 5.62. The van der Waals surface area contributed by atoms with Crippen LogP contribution in [0.25, 0.3) is 0 Å². The van der Waals surface area contributed by atoms with Gasteiger partial charge in [-0.1, -0.05) is 32.3 Å². The minimum Gasteiger partial charge on any atom is -0.300 e. The Labute approximate surface area is 93.3 Å². The Bertz CT molecular complexity index is 203. The fourth-order valence-corrected chi connectivity index (χ4v) is 2.16. The topological polar surface area (TPSA) is 20.3 Å². The van der Waals surface area contributed by atoms with Gasteiger partial charge in [-0.2, -0.15) is 0 Å². The zero-order valence-electron chi connectivity index (χ0n) is 9.87. The van der Waals surface area contributed by atoms with Crippen molar-refractivity contribution in [3.8, 4) is 0 Å². The van der Waals surface area contributed by atoms with E-state index >= 15 is 0 Å². The zero-order chi connectivity index (χ0) is 11.1. The lowest BCUT2D eigenvalue weighted by atomic mass is 10.0. The quantitative estimate of drug-likeness (QED) is 0.495. The van der Waals surface area contributed by atoms with Crippen molar-refractivity contribution in [3.05, 3.63) is 12.7 Å². The van der Waals surface area contributed by atoms with Gasteiger partial charge in [0.25, 0.3) is 0 Å². The summed E-state index contributed by atoms with van der Waals surface area (Å²) in [5.41, 5.74) is 0. The van der Waals surface area contributed by atoms with Gasteiger partial charge in [0.05, 0.1) is 0 Å². The predicted molar refractivity (Wildman–Crippen MR) is 63.9 cm³/mol. The molecule has 0 saturated carbocycles. The van der Waals surface area contributed by atoms with Gasteiger partial charge in [-0.3, -0.25) is 9.69 Å². The van der Waals surface area contributed by atoms with Gasteiger partial charge >= 0.3 is 0 Å². The van der Waals surface area contributed by atoms with E-state index in [2.05, 4.69) is 18.4 Å². The number of Topliss-reactive ketones (excluding diaryl/α,β-unsaturated/α-hetero) is 1. The van der Waals surface area contributed by atoms with Crippen molar-refractivity contribution in [2.75, 3.05) is 13.1 Å². The molecule has 1 atom stereocenters. The van der Waals surface area contributed by atoms with E-state index in [0.29, 0.717) is 11.8 Å². The number of likely N-dealkylation sites (tertiary alicyclic amines) is 1. The van der Waals surface area contributed by atoms with Crippen molar-refractivity contribution in [1.82, 2.24) is 4.90 Å². The van der Waals surface area contributed by atoms with E-state index in [-0.39, 0.29) is 0 Å². The lowest BCUT2D eigenvalue weighted by molar-refractivity contribution is -0.121. The third-order valence-corrected chi connectivity index (χ3v) is 3.20. The van der Waals surface area contributed by atoms with Gasteiger partial charge in [-0.15, -0.1) is 6.58 Å². The molecule has 0 aromatic rings. The molecule has 1 fully saturated rings. The van der Waals surface area contributed by atoms with E-state index in [0.717, 1.165) is 25.9 Å². The van der Waals surface area contributed by atoms with Crippen molar-refractivity contribution in [2.24, 2.45) is 0 Å². The van der Waals surface area contributed by atoms with Crippen molar-refractivity contribution in [1.29, 1.82) is 0 Å². The molecule has 0 aliphatic carbocycles. The van der Waals surface area contributed by atoms with Crippen LogP contribution in [0.1, 0.15) is 45.4 Å². The van der Waals surface area contributed by atoms with Crippen LogP contribution in [0.2, 0.25) is 0 Å². The first-order valence-corrected chi connectivity index (χ1v) is 6.16. The number of rotatable bonds is 6. The smallest absolute Gasteiger partial charge is 0.135 e. The third-order valence-electron chi connectivity index (χ3n) is 3.20. The molecule has 1 aliphatic rings. The lowest BCUT2D eigenvalue weighted by Gasteiger charge is -2.32. The molecule has 0 N–H and O–H groups in total. The Morgan fingerprint density at radius 3 is 2.60 bits per heavy atom. The van der Waals surface area contributed by atoms with Gasteiger partial charge in [-0.25, -0.2) is 0 Å². The minimum atomic E-state index is 0.419. The molecule has 0 bridgehead atoms. The lowest BCUT2D eigenvalue weighted by Crippen LogP contribution is -2.40. The van der Waals surface area contributed by atoms with Crippen molar-refractivity contribution < 1.29 is 4.79 Å². The first-order valence-electron chi connectivity index (χ1n) is 6.16. The number of unbranched alkanes of at least 4 members (excludes halogenated alkanes) is 2. The summed E-state index contributed by atoms with van der Waals surface area (Å²) in [7, 11) is 0. The molecule has 0 aromatic carbocycles. The average molecular weight is 209 g/mol. The summed E-state index contributed by atoms with van der Waals surface area (Å²) in [5, 5.41) is 0. The second-order valence-corrected chi connectivity index (χ2v) is 4.37. The van der Waals surface area contributed by atoms with E-state index < -0.39 is 0 Å². The van der Waals surface area contributed by atoms with Crippen LogP contribution in [0.3, 0.4) is 0 Å². The van der Waals surface area contributed by atoms with Gasteiger partial charge in [0.2, 0.25) is 0 Å². The highest BCUT2D eigenvalue weighted by molar-refractivity contribution is 5.79. The Morgan fingerprint density at radius 2 is 2.07 bits per heavy atom. The third kappa shape index (κ3) is 4.17. The number of nitrogens with zero attached hydrogens (tertiary/aromatic N) is 1. The van der Waals surface area contributed by atoms with Crippen LogP contribution in [-0.4, -0.2) is 29.8 Å². The molecule has 0 radical (unpaired) electrons. The van der Waals surface area contributed by atoms with Gasteiger partial charge in [0.1, 0.15) is 5.78 Å². The molecule has 0 spiro atoms. The van der Waals surface area contributed by atoms with Crippen LogP contribution in [0.4, 0.5) is 0 Å². The van der Waals surface area contributed by atoms with E-state index in [1.165, 1.54) is 25.7 Å². The van der Waals surface area contributed by atoms with Gasteiger partial charge in [0, 0.05) is 32.0 Å². The normalized spacial score (nSPS) is 20.2. The van der Waals surface area contributed by atoms with Crippen LogP contribution >= 0.6 is 0 Å². The molecular formula is C13H23NO. The second-order valence-electron chi connectivity index (χ2n) is 4.37. The van der Waals surface area contributed by atoms with Crippen LogP contribution in [0.15, 0.2) is 12.7 Å². The highest BCUT2D eigenvalue weighted by Gasteiger charge is 2.20. The highest BCUT2D eigenvalue weighted by atomic mass is 16.1. The minimum absolute atomic E-state index is 0.419. The fourth-order valence-electron chi connectivity index (χ4n) is 2.16. The number of hydrogen-bond acceptors (Lipinski definition) is 2. The molecule has 0 aromatic heterocycles. The van der Waals surface area contributed by atoms with E-state index in [1.54, 1.807) is 0 Å². The summed E-state index contributed by atoms with van der Waals surface area (Å²) >= 11 is 0. The molecule has 2 nitrogen and oxygen atoms in total. The highest BCUT2D eigenvalue weighted by Crippen LogP contribution is 2.15. The number of hydrogen-bond donors (Lipinski definition) is 0. The average Bonchev–Trinajstić information content (AvgIpc) is 2.26. The number of piperidine rings is 1. The second kappa shape index (κ2) is 6.78. The summed E-state index contributed by atoms with van der Waals surface area (Å²) in [5.74, 6) is 0.419. The predicted octanol–water partition coefficient (Wildman–Crippen LogP) is 2.79. The molecule has 15 heavy (non-hydrogen) atoms. The molecular weight excluding hydrogens is 186 g/mol. The van der Waals surface area contributed by atoms with E-state index in [1.807, 2.05) is 6.08 Å². The van der Waals surface area contributed by atoms with E-state index in [4.69, 9.17) is 0 Å². The van der Waals surface area contributed by atoms with Crippen LogP contribution in [0, 0.1) is 0 Å². The van der Waals surface area contributed by atoms with Crippen LogP contribution in [-0.2, 0) is 4.79 Å². The maximum absolute atomic E-state index is 11.1. The first kappa shape index (κ1) is 12.4. The molecule has 1 saturated heterocycles. The van der Waals surface area contributed by atoms with Gasteiger partial charge < -0.3 is 0 Å². The summed E-state index contributed by atoms with van der Waals surface area (Å²) < 4.78 is 0. The maximum Gasteiger partial charge on any atom is 0.135 e. The van der Waals surface area contributed by atoms with Crippen LogP contribution < -0.4 is 0 Å². The molecule has 1 aliphatic heterocycles. The molecule has 86 valence electrons. The van der Waals surface area contributed by atoms with Crippen LogP contribution in [0.5, 0.6) is 0 Å². The molecule has 1 unspecified atom stereocenters. The zero-order valence-corrected chi connectivity index (χ0v) is 9.87. The van der Waals surface area contributed by atoms with Crippen molar-refractivity contribution in [3.63, 3.8) is 0 Å². The maximum atomic E-state index is 11.1. The van der Waals surface area contributed by atoms with E-state index in [9.17, 15) is 4.79 Å². The molecule has 2 heteroatoms. The standard InChI is InChI=1S/C13H23NO/c1-3-5-6-7-12(4-2)14-10-8-13(15)9-11-14/h4,12H,2-3,5-11H2,1H3. The summed E-state index contributed by atoms with van der Waals surface area (Å²) in [6, 6.07) is 0.490. The number of carbonyl (C=O) groups excluding carboxylic acids is 1. The summed E-state index contributed by atoms with van der Waals surface area (Å²) in [6.07, 6.45) is 8.56. The fraction of sp³-hybridized carbons (Fsp3) is 0.769. The van der Waals surface area contributed by atoms with Crippen molar-refractivity contribution >= 4 is 5.78 Å².